The summed E-state index contributed by atoms with van der Waals surface area (Å²) in [6.45, 7) is 3.24. The quantitative estimate of drug-likeness (QED) is 0.512. The van der Waals surface area contributed by atoms with Crippen LogP contribution in [-0.4, -0.2) is 106 Å². The van der Waals surface area contributed by atoms with Gasteiger partial charge in [0.1, 0.15) is 36.6 Å². The van der Waals surface area contributed by atoms with E-state index in [1.54, 1.807) is 6.92 Å². The molecule has 2 heterocycles. The van der Waals surface area contributed by atoms with Crippen LogP contribution in [-0.2, 0) is 38.0 Å². The van der Waals surface area contributed by atoms with Gasteiger partial charge in [-0.3, -0.25) is 4.79 Å². The van der Waals surface area contributed by atoms with Crippen LogP contribution in [0.25, 0.3) is 0 Å². The number of methoxy groups -OCH3 is 3. The van der Waals surface area contributed by atoms with Crippen molar-refractivity contribution >= 4 is 5.97 Å². The molecule has 0 bridgehead atoms. The van der Waals surface area contributed by atoms with Gasteiger partial charge in [0.05, 0.1) is 19.3 Å². The second-order valence-electron chi connectivity index (χ2n) is 6.67. The van der Waals surface area contributed by atoms with Gasteiger partial charge in [-0.1, -0.05) is 0 Å². The summed E-state index contributed by atoms with van der Waals surface area (Å²) in [6.07, 6.45) is -7.60. The van der Waals surface area contributed by atoms with E-state index in [0.29, 0.717) is 0 Å². The fourth-order valence-electron chi connectivity index (χ4n) is 3.46. The first kappa shape index (κ1) is 22.4. The van der Waals surface area contributed by atoms with E-state index in [0.717, 1.165) is 0 Å². The van der Waals surface area contributed by atoms with Gasteiger partial charge >= 0.3 is 5.97 Å². The Balaban J connectivity index is 2.14. The summed E-state index contributed by atoms with van der Waals surface area (Å²) in [6, 6.07) is 0. The lowest BCUT2D eigenvalue weighted by Gasteiger charge is -2.46. The minimum absolute atomic E-state index is 0.0458. The molecule has 9 atom stereocenters. The number of carbonyl (C=O) groups excluding carboxylic acids is 1. The van der Waals surface area contributed by atoms with E-state index in [1.165, 1.54) is 28.3 Å². The summed E-state index contributed by atoms with van der Waals surface area (Å²) < 4.78 is 38.1. The van der Waals surface area contributed by atoms with Crippen molar-refractivity contribution in [3.63, 3.8) is 0 Å². The van der Waals surface area contributed by atoms with Crippen LogP contribution in [0.3, 0.4) is 0 Å². The number of ether oxygens (including phenoxy) is 7. The van der Waals surface area contributed by atoms with Crippen LogP contribution >= 0.6 is 0 Å². The number of hydrogen-bond donors (Lipinski definition) is 2. The highest BCUT2D eigenvalue weighted by Crippen LogP contribution is 2.30. The van der Waals surface area contributed by atoms with Crippen LogP contribution in [0.5, 0.6) is 0 Å². The van der Waals surface area contributed by atoms with Crippen LogP contribution in [0.2, 0.25) is 0 Å². The van der Waals surface area contributed by atoms with Crippen molar-refractivity contribution in [1.82, 2.24) is 0 Å². The van der Waals surface area contributed by atoms with Gasteiger partial charge in [-0.05, 0) is 6.92 Å². The number of aliphatic hydroxyl groups excluding tert-OH is 2. The van der Waals surface area contributed by atoms with Crippen molar-refractivity contribution in [2.45, 2.75) is 69.0 Å². The summed E-state index contributed by atoms with van der Waals surface area (Å²) in [4.78, 5) is 11.4. The summed E-state index contributed by atoms with van der Waals surface area (Å²) in [7, 11) is 4.41. The highest BCUT2D eigenvalue weighted by molar-refractivity contribution is 5.66. The number of aliphatic hydroxyl groups is 2. The standard InChI is InChI=1S/C17H30O10/c1-8-14(23-5)16(12(19)10(25-8)6-21-3)27-17-13(20)15(26-9(2)18)11(22-4)7-24-17/h8,10-17,19-20H,6-7H2,1-5H3. The molecule has 27 heavy (non-hydrogen) atoms. The fourth-order valence-corrected chi connectivity index (χ4v) is 3.46. The van der Waals surface area contributed by atoms with Crippen LogP contribution < -0.4 is 0 Å². The van der Waals surface area contributed by atoms with Crippen molar-refractivity contribution in [2.24, 2.45) is 0 Å². The molecule has 0 aliphatic carbocycles. The van der Waals surface area contributed by atoms with Gasteiger partial charge in [-0.25, -0.2) is 0 Å². The van der Waals surface area contributed by atoms with Crippen LogP contribution in [0.4, 0.5) is 0 Å². The zero-order valence-corrected chi connectivity index (χ0v) is 16.3. The van der Waals surface area contributed by atoms with Crippen molar-refractivity contribution in [3.8, 4) is 0 Å². The van der Waals surface area contributed by atoms with E-state index >= 15 is 0 Å². The maximum Gasteiger partial charge on any atom is 0.303 e. The second-order valence-corrected chi connectivity index (χ2v) is 6.67. The Morgan fingerprint density at radius 1 is 1.07 bits per heavy atom. The monoisotopic (exact) mass is 394 g/mol. The first-order chi connectivity index (χ1) is 12.8. The maximum atomic E-state index is 11.4. The molecule has 0 aromatic heterocycles. The Hall–Kier alpha value is -0.850. The van der Waals surface area contributed by atoms with Crippen LogP contribution in [0, 0.1) is 0 Å². The molecule has 2 saturated heterocycles. The normalized spacial score (nSPS) is 42.7. The van der Waals surface area contributed by atoms with E-state index in [9.17, 15) is 15.0 Å². The van der Waals surface area contributed by atoms with Crippen molar-refractivity contribution < 1.29 is 48.2 Å². The lowest BCUT2D eigenvalue weighted by Crippen LogP contribution is -2.63. The van der Waals surface area contributed by atoms with Crippen molar-refractivity contribution in [3.05, 3.63) is 0 Å². The van der Waals surface area contributed by atoms with Crippen molar-refractivity contribution in [1.29, 1.82) is 0 Å². The minimum atomic E-state index is -1.31. The topological polar surface area (TPSA) is 122 Å². The number of hydrogen-bond acceptors (Lipinski definition) is 10. The molecule has 10 nitrogen and oxygen atoms in total. The summed E-state index contributed by atoms with van der Waals surface area (Å²) in [5.41, 5.74) is 0. The van der Waals surface area contributed by atoms with Crippen LogP contribution in [0.1, 0.15) is 13.8 Å². The molecule has 9 unspecified atom stereocenters. The molecule has 2 aliphatic rings. The minimum Gasteiger partial charge on any atom is -0.457 e. The fraction of sp³-hybridized carbons (Fsp3) is 0.941. The molecular formula is C17H30O10. The molecule has 10 heteroatoms. The first-order valence-corrected chi connectivity index (χ1v) is 8.84. The molecule has 0 amide bonds. The molecule has 2 N–H and O–H groups in total. The molecule has 2 rings (SSSR count). The molecule has 2 aliphatic heterocycles. The number of carbonyl (C=O) groups is 1. The second kappa shape index (κ2) is 10.1. The van der Waals surface area contributed by atoms with E-state index in [4.69, 9.17) is 33.2 Å². The zero-order valence-electron chi connectivity index (χ0n) is 16.3. The van der Waals surface area contributed by atoms with Gasteiger partial charge in [0.2, 0.25) is 0 Å². The third-order valence-corrected chi connectivity index (χ3v) is 4.80. The molecular weight excluding hydrogens is 364 g/mol. The molecule has 0 spiro atoms. The third kappa shape index (κ3) is 5.15. The molecule has 0 aromatic rings. The van der Waals surface area contributed by atoms with E-state index in [2.05, 4.69) is 0 Å². The summed E-state index contributed by atoms with van der Waals surface area (Å²) in [5, 5.41) is 21.3. The average molecular weight is 394 g/mol. The predicted molar refractivity (Wildman–Crippen MR) is 90.0 cm³/mol. The van der Waals surface area contributed by atoms with Gasteiger partial charge in [0.15, 0.2) is 12.4 Å². The number of esters is 1. The molecule has 0 radical (unpaired) electrons. The highest BCUT2D eigenvalue weighted by Gasteiger charge is 2.49. The van der Waals surface area contributed by atoms with E-state index < -0.39 is 55.0 Å². The smallest absolute Gasteiger partial charge is 0.303 e. The van der Waals surface area contributed by atoms with Gasteiger partial charge in [-0.15, -0.1) is 0 Å². The Labute approximate surface area is 158 Å². The van der Waals surface area contributed by atoms with Gasteiger partial charge in [-0.2, -0.15) is 0 Å². The lowest BCUT2D eigenvalue weighted by molar-refractivity contribution is -0.327. The SMILES string of the molecule is COCC1OC(C)C(OC)C(OC2OCC(OC)C(OC(C)=O)C2O)C1O. The zero-order chi connectivity index (χ0) is 20.1. The summed E-state index contributed by atoms with van der Waals surface area (Å²) in [5.74, 6) is -0.559. The molecule has 2 fully saturated rings. The Bertz CT molecular complexity index is 475. The molecule has 158 valence electrons. The lowest BCUT2D eigenvalue weighted by atomic mass is 9.95. The Morgan fingerprint density at radius 3 is 2.33 bits per heavy atom. The number of rotatable bonds is 7. The largest absolute Gasteiger partial charge is 0.457 e. The van der Waals surface area contributed by atoms with Gasteiger partial charge < -0.3 is 43.4 Å². The first-order valence-electron chi connectivity index (χ1n) is 8.84. The van der Waals surface area contributed by atoms with Crippen LogP contribution in [0.15, 0.2) is 0 Å². The van der Waals surface area contributed by atoms with E-state index in [1.807, 2.05) is 0 Å². The van der Waals surface area contributed by atoms with E-state index in [-0.39, 0.29) is 19.3 Å². The summed E-state index contributed by atoms with van der Waals surface area (Å²) >= 11 is 0. The van der Waals surface area contributed by atoms with Gasteiger partial charge in [0.25, 0.3) is 0 Å². The van der Waals surface area contributed by atoms with Crippen molar-refractivity contribution in [2.75, 3.05) is 34.5 Å². The molecule has 0 saturated carbocycles. The highest BCUT2D eigenvalue weighted by atomic mass is 16.7. The average Bonchev–Trinajstić information content (AvgIpc) is 2.62. The maximum absolute atomic E-state index is 11.4. The third-order valence-electron chi connectivity index (χ3n) is 4.80. The molecule has 0 aromatic carbocycles. The predicted octanol–water partition coefficient (Wildman–Crippen LogP) is -1.15. The Morgan fingerprint density at radius 2 is 1.78 bits per heavy atom. The van der Waals surface area contributed by atoms with Gasteiger partial charge in [0, 0.05) is 28.3 Å². The Kier molecular flexibility index (Phi) is 8.38.